The highest BCUT2D eigenvalue weighted by atomic mass is 16.3. The van der Waals surface area contributed by atoms with Gasteiger partial charge in [-0.25, -0.2) is 4.98 Å². The number of nitrogens with zero attached hydrogens (tertiary/aromatic N) is 3. The van der Waals surface area contributed by atoms with Gasteiger partial charge in [-0.15, -0.1) is 0 Å². The molecule has 3 aromatic rings. The monoisotopic (exact) mass is 364 g/mol. The van der Waals surface area contributed by atoms with Gasteiger partial charge in [-0.2, -0.15) is 0 Å². The summed E-state index contributed by atoms with van der Waals surface area (Å²) in [6.45, 7) is 0.824. The molecule has 1 aliphatic carbocycles. The van der Waals surface area contributed by atoms with Crippen LogP contribution in [0.3, 0.4) is 0 Å². The van der Waals surface area contributed by atoms with Crippen LogP contribution in [-0.4, -0.2) is 37.7 Å². The molecule has 0 radical (unpaired) electrons. The van der Waals surface area contributed by atoms with Crippen LogP contribution in [-0.2, 0) is 17.8 Å². The van der Waals surface area contributed by atoms with Crippen LogP contribution in [0.5, 0.6) is 0 Å². The van der Waals surface area contributed by atoms with Crippen molar-refractivity contribution in [2.45, 2.75) is 44.4 Å². The summed E-state index contributed by atoms with van der Waals surface area (Å²) < 4.78 is 2.02. The molecule has 1 aliphatic rings. The van der Waals surface area contributed by atoms with Crippen molar-refractivity contribution in [3.05, 3.63) is 60.8 Å². The molecular formula is C21H24N4O2. The summed E-state index contributed by atoms with van der Waals surface area (Å²) in [5.41, 5.74) is 1.86. The van der Waals surface area contributed by atoms with Gasteiger partial charge in [0.1, 0.15) is 0 Å². The topological polar surface area (TPSA) is 80.0 Å². The van der Waals surface area contributed by atoms with Gasteiger partial charge >= 0.3 is 0 Å². The van der Waals surface area contributed by atoms with Crippen LogP contribution in [0.4, 0.5) is 0 Å². The number of aliphatic hydroxyl groups is 1. The number of aliphatic hydroxyl groups excluding tert-OH is 1. The van der Waals surface area contributed by atoms with Crippen molar-refractivity contribution in [2.75, 3.05) is 0 Å². The van der Waals surface area contributed by atoms with Crippen LogP contribution in [0.2, 0.25) is 0 Å². The number of para-hydroxylation sites is 1. The van der Waals surface area contributed by atoms with Crippen LogP contribution in [0.25, 0.3) is 10.9 Å². The standard InChI is InChI=1S/C21H24N4O2/c26-20-12-15(13-25-10-9-22-14-25)11-19(20)24-21(27)8-7-17-6-5-16-3-1-2-4-18(16)23-17/h1-6,9-10,14-15,19-20,26H,7-8,11-13H2,(H,24,27)/t15?,19-,20-/m1/s1. The third kappa shape index (κ3) is 4.34. The number of nitrogens with one attached hydrogen (secondary N) is 1. The highest BCUT2D eigenvalue weighted by Crippen LogP contribution is 2.27. The number of benzene rings is 1. The van der Waals surface area contributed by atoms with Crippen LogP contribution >= 0.6 is 0 Å². The van der Waals surface area contributed by atoms with Gasteiger partial charge in [-0.3, -0.25) is 9.78 Å². The molecule has 0 spiro atoms. The molecule has 1 saturated carbocycles. The Morgan fingerprint density at radius 2 is 2.11 bits per heavy atom. The van der Waals surface area contributed by atoms with Gasteiger partial charge in [0.05, 0.1) is 24.0 Å². The number of hydrogen-bond acceptors (Lipinski definition) is 4. The van der Waals surface area contributed by atoms with Gasteiger partial charge < -0.3 is 15.0 Å². The number of rotatable bonds is 6. The van der Waals surface area contributed by atoms with Gasteiger partial charge in [0.15, 0.2) is 0 Å². The predicted octanol–water partition coefficient (Wildman–Crippen LogP) is 2.32. The summed E-state index contributed by atoms with van der Waals surface area (Å²) in [7, 11) is 0. The zero-order chi connectivity index (χ0) is 18.6. The quantitative estimate of drug-likeness (QED) is 0.703. The number of aromatic nitrogens is 3. The Morgan fingerprint density at radius 1 is 1.22 bits per heavy atom. The molecule has 1 aromatic carbocycles. The third-order valence-corrected chi connectivity index (χ3v) is 5.27. The van der Waals surface area contributed by atoms with Gasteiger partial charge in [0.2, 0.25) is 5.91 Å². The maximum Gasteiger partial charge on any atom is 0.220 e. The Labute approximate surface area is 158 Å². The molecule has 2 N–H and O–H groups in total. The number of amides is 1. The second-order valence-electron chi connectivity index (χ2n) is 7.33. The Hall–Kier alpha value is -2.73. The average molecular weight is 364 g/mol. The minimum Gasteiger partial charge on any atom is -0.391 e. The predicted molar refractivity (Wildman–Crippen MR) is 103 cm³/mol. The Bertz CT molecular complexity index is 909. The van der Waals surface area contributed by atoms with Crippen molar-refractivity contribution >= 4 is 16.8 Å². The van der Waals surface area contributed by atoms with E-state index in [1.54, 1.807) is 12.5 Å². The number of imidazole rings is 1. The van der Waals surface area contributed by atoms with Gasteiger partial charge in [0, 0.05) is 36.4 Å². The van der Waals surface area contributed by atoms with E-state index >= 15 is 0 Å². The largest absolute Gasteiger partial charge is 0.391 e. The molecule has 140 valence electrons. The molecule has 2 heterocycles. The van der Waals surface area contributed by atoms with E-state index in [0.29, 0.717) is 25.2 Å². The van der Waals surface area contributed by atoms with Crippen LogP contribution in [0, 0.1) is 5.92 Å². The maximum atomic E-state index is 12.3. The van der Waals surface area contributed by atoms with E-state index in [0.717, 1.165) is 29.6 Å². The van der Waals surface area contributed by atoms with E-state index in [2.05, 4.69) is 15.3 Å². The summed E-state index contributed by atoms with van der Waals surface area (Å²) in [5.74, 6) is 0.318. The lowest BCUT2D eigenvalue weighted by atomic mass is 10.1. The molecule has 1 amide bonds. The van der Waals surface area contributed by atoms with Crippen LogP contribution in [0.1, 0.15) is 25.0 Å². The first-order chi connectivity index (χ1) is 13.2. The van der Waals surface area contributed by atoms with Crippen molar-refractivity contribution < 1.29 is 9.90 Å². The van der Waals surface area contributed by atoms with Crippen molar-refractivity contribution in [1.82, 2.24) is 19.9 Å². The molecule has 0 bridgehead atoms. The fourth-order valence-corrected chi connectivity index (χ4v) is 3.88. The average Bonchev–Trinajstić information content (AvgIpc) is 3.30. The third-order valence-electron chi connectivity index (χ3n) is 5.27. The Kier molecular flexibility index (Phi) is 5.16. The maximum absolute atomic E-state index is 12.3. The highest BCUT2D eigenvalue weighted by Gasteiger charge is 2.33. The van der Waals surface area contributed by atoms with E-state index in [9.17, 15) is 9.90 Å². The van der Waals surface area contributed by atoms with E-state index in [1.165, 1.54) is 0 Å². The second-order valence-corrected chi connectivity index (χ2v) is 7.33. The number of aryl methyl sites for hydroxylation is 1. The summed E-state index contributed by atoms with van der Waals surface area (Å²) in [5, 5.41) is 14.4. The minimum absolute atomic E-state index is 0.0303. The smallest absolute Gasteiger partial charge is 0.220 e. The molecular weight excluding hydrogens is 340 g/mol. The first kappa shape index (κ1) is 17.7. The lowest BCUT2D eigenvalue weighted by molar-refractivity contribution is -0.122. The van der Waals surface area contributed by atoms with Crippen molar-refractivity contribution in [2.24, 2.45) is 5.92 Å². The fourth-order valence-electron chi connectivity index (χ4n) is 3.88. The number of carbonyl (C=O) groups excluding carboxylic acids is 1. The van der Waals surface area contributed by atoms with Crippen molar-refractivity contribution in [1.29, 1.82) is 0 Å². The normalized spacial score (nSPS) is 22.2. The molecule has 6 heteroatoms. The summed E-state index contributed by atoms with van der Waals surface area (Å²) in [6.07, 6.45) is 7.45. The molecule has 1 fully saturated rings. The van der Waals surface area contributed by atoms with Crippen molar-refractivity contribution in [3.63, 3.8) is 0 Å². The van der Waals surface area contributed by atoms with Crippen molar-refractivity contribution in [3.8, 4) is 0 Å². The first-order valence-corrected chi connectivity index (χ1v) is 9.45. The first-order valence-electron chi connectivity index (χ1n) is 9.45. The van der Waals surface area contributed by atoms with Crippen LogP contribution in [0.15, 0.2) is 55.1 Å². The van der Waals surface area contributed by atoms with E-state index < -0.39 is 6.10 Å². The molecule has 4 rings (SSSR count). The van der Waals surface area contributed by atoms with E-state index in [1.807, 2.05) is 47.2 Å². The zero-order valence-electron chi connectivity index (χ0n) is 15.2. The number of fused-ring (bicyclic) bond motifs is 1. The summed E-state index contributed by atoms with van der Waals surface area (Å²) in [4.78, 5) is 21.0. The SMILES string of the molecule is O=C(CCc1ccc2ccccc2n1)N[C@@H]1CC(Cn2ccnc2)C[C@H]1O. The summed E-state index contributed by atoms with van der Waals surface area (Å²) >= 11 is 0. The number of carbonyl (C=O) groups is 1. The second kappa shape index (κ2) is 7.88. The van der Waals surface area contributed by atoms with Crippen LogP contribution < -0.4 is 5.32 Å². The Balaban J connectivity index is 1.28. The Morgan fingerprint density at radius 3 is 2.96 bits per heavy atom. The summed E-state index contributed by atoms with van der Waals surface area (Å²) in [6, 6.07) is 11.8. The lowest BCUT2D eigenvalue weighted by Crippen LogP contribution is -2.40. The lowest BCUT2D eigenvalue weighted by Gasteiger charge is -2.16. The van der Waals surface area contributed by atoms with Gasteiger partial charge in [-0.1, -0.05) is 24.3 Å². The molecule has 0 aliphatic heterocycles. The number of pyridine rings is 1. The molecule has 3 atom stereocenters. The fraction of sp³-hybridized carbons (Fsp3) is 0.381. The molecule has 2 aromatic heterocycles. The molecule has 0 saturated heterocycles. The zero-order valence-corrected chi connectivity index (χ0v) is 15.2. The molecule has 1 unspecified atom stereocenters. The minimum atomic E-state index is -0.485. The highest BCUT2D eigenvalue weighted by molar-refractivity contribution is 5.79. The number of hydrogen-bond donors (Lipinski definition) is 2. The van der Waals surface area contributed by atoms with E-state index in [-0.39, 0.29) is 11.9 Å². The van der Waals surface area contributed by atoms with Gasteiger partial charge in [0.25, 0.3) is 0 Å². The van der Waals surface area contributed by atoms with Gasteiger partial charge in [-0.05, 0) is 37.3 Å². The molecule has 27 heavy (non-hydrogen) atoms. The molecule has 6 nitrogen and oxygen atoms in total. The van der Waals surface area contributed by atoms with E-state index in [4.69, 9.17) is 0 Å².